The lowest BCUT2D eigenvalue weighted by molar-refractivity contribution is -0.118. The minimum absolute atomic E-state index is 0.329. The van der Waals surface area contributed by atoms with Crippen LogP contribution in [0.4, 0.5) is 5.82 Å². The van der Waals surface area contributed by atoms with Gasteiger partial charge in [0.05, 0.1) is 32.1 Å². The van der Waals surface area contributed by atoms with Crippen molar-refractivity contribution in [2.45, 2.75) is 50.7 Å². The average molecular weight is 551 g/mol. The number of aromatic nitrogens is 3. The predicted molar refractivity (Wildman–Crippen MR) is 156 cm³/mol. The van der Waals surface area contributed by atoms with Crippen LogP contribution in [-0.2, 0) is 44.4 Å². The molecule has 0 bridgehead atoms. The summed E-state index contributed by atoms with van der Waals surface area (Å²) < 4.78 is 28.2. The second-order valence-corrected chi connectivity index (χ2v) is 10.4. The summed E-state index contributed by atoms with van der Waals surface area (Å²) in [5.74, 6) is 0.397. The molecular formula is C33H34N4O4. The SMILES string of the molecule is C[C@@]1(c2ccc3c(N)ncnn23)OC(COCc2ccccc2)[C@@H](OCc2ccccc2)[C@H]1OCc1ccccc1. The molecule has 5 aromatic rings. The Labute approximate surface area is 239 Å². The van der Waals surface area contributed by atoms with Crippen molar-refractivity contribution >= 4 is 11.3 Å². The fraction of sp³-hybridized carbons (Fsp3) is 0.273. The van der Waals surface area contributed by atoms with Crippen LogP contribution in [0, 0.1) is 0 Å². The van der Waals surface area contributed by atoms with Crippen molar-refractivity contribution in [3.63, 3.8) is 0 Å². The van der Waals surface area contributed by atoms with E-state index in [4.69, 9.17) is 24.7 Å². The molecule has 8 nitrogen and oxygen atoms in total. The van der Waals surface area contributed by atoms with E-state index in [1.54, 1.807) is 4.52 Å². The van der Waals surface area contributed by atoms with Crippen LogP contribution in [0.15, 0.2) is 109 Å². The van der Waals surface area contributed by atoms with Crippen LogP contribution in [0.5, 0.6) is 0 Å². The zero-order valence-corrected chi connectivity index (χ0v) is 23.0. The molecule has 3 aromatic carbocycles. The fourth-order valence-corrected chi connectivity index (χ4v) is 5.46. The van der Waals surface area contributed by atoms with Gasteiger partial charge in [0.15, 0.2) is 5.82 Å². The lowest BCUT2D eigenvalue weighted by Crippen LogP contribution is -2.43. The molecule has 0 aliphatic carbocycles. The van der Waals surface area contributed by atoms with E-state index in [9.17, 15) is 0 Å². The molecule has 210 valence electrons. The molecule has 0 spiro atoms. The van der Waals surface area contributed by atoms with Crippen molar-refractivity contribution in [2.75, 3.05) is 12.3 Å². The lowest BCUT2D eigenvalue weighted by Gasteiger charge is -2.32. The monoisotopic (exact) mass is 550 g/mol. The van der Waals surface area contributed by atoms with E-state index in [1.807, 2.05) is 97.9 Å². The fourth-order valence-electron chi connectivity index (χ4n) is 5.46. The highest BCUT2D eigenvalue weighted by molar-refractivity contribution is 5.65. The first-order valence-corrected chi connectivity index (χ1v) is 13.8. The van der Waals surface area contributed by atoms with Gasteiger partial charge >= 0.3 is 0 Å². The summed E-state index contributed by atoms with van der Waals surface area (Å²) in [4.78, 5) is 4.16. The smallest absolute Gasteiger partial charge is 0.151 e. The minimum atomic E-state index is -0.926. The summed E-state index contributed by atoms with van der Waals surface area (Å²) in [7, 11) is 0. The van der Waals surface area contributed by atoms with Gasteiger partial charge in [0, 0.05) is 0 Å². The van der Waals surface area contributed by atoms with Gasteiger partial charge in [-0.25, -0.2) is 9.50 Å². The highest BCUT2D eigenvalue weighted by Crippen LogP contribution is 2.44. The van der Waals surface area contributed by atoms with Crippen molar-refractivity contribution < 1.29 is 18.9 Å². The maximum Gasteiger partial charge on any atom is 0.151 e. The Morgan fingerprint density at radius 1 is 0.780 bits per heavy atom. The number of anilines is 1. The molecule has 2 N–H and O–H groups in total. The van der Waals surface area contributed by atoms with E-state index in [0.29, 0.717) is 37.8 Å². The predicted octanol–water partition coefficient (Wildman–Crippen LogP) is 5.31. The van der Waals surface area contributed by atoms with Gasteiger partial charge in [0.2, 0.25) is 0 Å². The number of rotatable bonds is 11. The minimum Gasteiger partial charge on any atom is -0.382 e. The number of nitrogen functional groups attached to an aromatic ring is 1. The molecule has 0 saturated carbocycles. The number of nitrogens with zero attached hydrogens (tertiary/aromatic N) is 3. The molecular weight excluding hydrogens is 516 g/mol. The van der Waals surface area contributed by atoms with Crippen LogP contribution in [0.3, 0.4) is 0 Å². The van der Waals surface area contributed by atoms with Crippen molar-refractivity contribution in [1.29, 1.82) is 0 Å². The van der Waals surface area contributed by atoms with Gasteiger partial charge in [-0.05, 0) is 35.7 Å². The number of benzene rings is 3. The first kappa shape index (κ1) is 27.1. The molecule has 6 rings (SSSR count). The van der Waals surface area contributed by atoms with Crippen LogP contribution in [0.2, 0.25) is 0 Å². The average Bonchev–Trinajstić information content (AvgIpc) is 3.57. The summed E-state index contributed by atoms with van der Waals surface area (Å²) in [6.07, 6.45) is 0.141. The molecule has 1 fully saturated rings. The van der Waals surface area contributed by atoms with E-state index in [1.165, 1.54) is 6.33 Å². The molecule has 0 amide bonds. The van der Waals surface area contributed by atoms with E-state index in [2.05, 4.69) is 22.2 Å². The first-order valence-electron chi connectivity index (χ1n) is 13.8. The van der Waals surface area contributed by atoms with E-state index >= 15 is 0 Å². The van der Waals surface area contributed by atoms with Crippen molar-refractivity contribution in [3.8, 4) is 0 Å². The summed E-state index contributed by atoms with van der Waals surface area (Å²) in [6, 6.07) is 34.2. The van der Waals surface area contributed by atoms with Crippen LogP contribution in [0.1, 0.15) is 29.3 Å². The maximum absolute atomic E-state index is 6.88. The Balaban J connectivity index is 1.33. The number of hydrogen-bond donors (Lipinski definition) is 1. The normalized spacial score (nSPS) is 22.3. The van der Waals surface area contributed by atoms with Gasteiger partial charge in [-0.2, -0.15) is 5.10 Å². The van der Waals surface area contributed by atoms with Crippen LogP contribution in [-0.4, -0.2) is 39.5 Å². The second kappa shape index (κ2) is 12.2. The number of hydrogen-bond acceptors (Lipinski definition) is 7. The number of nitrogens with two attached hydrogens (primary N) is 1. The number of fused-ring (bicyclic) bond motifs is 1. The Morgan fingerprint density at radius 2 is 1.37 bits per heavy atom. The van der Waals surface area contributed by atoms with Crippen LogP contribution >= 0.6 is 0 Å². The Hall–Kier alpha value is -4.08. The van der Waals surface area contributed by atoms with Crippen molar-refractivity contribution in [3.05, 3.63) is 132 Å². The topological polar surface area (TPSA) is 93.1 Å². The quantitative estimate of drug-likeness (QED) is 0.238. The van der Waals surface area contributed by atoms with Crippen molar-refractivity contribution in [1.82, 2.24) is 14.6 Å². The molecule has 1 aliphatic rings. The van der Waals surface area contributed by atoms with Gasteiger partial charge < -0.3 is 24.7 Å². The van der Waals surface area contributed by atoms with E-state index in [0.717, 1.165) is 22.4 Å². The zero-order chi connectivity index (χ0) is 28.1. The third-order valence-electron chi connectivity index (χ3n) is 7.55. The molecule has 1 saturated heterocycles. The maximum atomic E-state index is 6.88. The third kappa shape index (κ3) is 5.87. The highest BCUT2D eigenvalue weighted by Gasteiger charge is 2.56. The van der Waals surface area contributed by atoms with Gasteiger partial charge in [0.1, 0.15) is 35.8 Å². The van der Waals surface area contributed by atoms with E-state index in [-0.39, 0.29) is 0 Å². The molecule has 2 aromatic heterocycles. The van der Waals surface area contributed by atoms with Gasteiger partial charge in [-0.1, -0.05) is 91.0 Å². The molecule has 1 aliphatic heterocycles. The zero-order valence-electron chi connectivity index (χ0n) is 23.0. The van der Waals surface area contributed by atoms with Gasteiger partial charge in [-0.15, -0.1) is 0 Å². The number of ether oxygens (including phenoxy) is 4. The summed E-state index contributed by atoms with van der Waals surface area (Å²) in [5.41, 5.74) is 9.99. The standard InChI is InChI=1S/C33H34N4O4/c1-33(29-18-17-27-32(34)35-23-36-37(27)29)31(40-21-26-15-9-4-10-16-26)30(39-20-25-13-7-3-8-14-25)28(41-33)22-38-19-24-11-5-2-6-12-24/h2-18,23,28,30-31H,19-22H2,1H3,(H2,34,35,36)/t28?,30-,31-,33+/m1/s1. The molecule has 8 heteroatoms. The lowest BCUT2D eigenvalue weighted by atomic mass is 9.92. The van der Waals surface area contributed by atoms with Crippen LogP contribution < -0.4 is 5.73 Å². The summed E-state index contributed by atoms with van der Waals surface area (Å²) >= 11 is 0. The summed E-state index contributed by atoms with van der Waals surface area (Å²) in [5, 5.41) is 4.51. The summed E-state index contributed by atoms with van der Waals surface area (Å²) in [6.45, 7) is 3.63. The third-order valence-corrected chi connectivity index (χ3v) is 7.55. The van der Waals surface area contributed by atoms with E-state index < -0.39 is 23.9 Å². The second-order valence-electron chi connectivity index (χ2n) is 10.4. The molecule has 1 unspecified atom stereocenters. The molecule has 4 atom stereocenters. The Morgan fingerprint density at radius 3 is 2.00 bits per heavy atom. The largest absolute Gasteiger partial charge is 0.382 e. The van der Waals surface area contributed by atoms with Gasteiger partial charge in [-0.3, -0.25) is 0 Å². The molecule has 41 heavy (non-hydrogen) atoms. The first-order chi connectivity index (χ1) is 20.1. The highest BCUT2D eigenvalue weighted by atomic mass is 16.6. The molecule has 3 heterocycles. The molecule has 0 radical (unpaired) electrons. The Kier molecular flexibility index (Phi) is 8.07. The van der Waals surface area contributed by atoms with Crippen molar-refractivity contribution in [2.24, 2.45) is 0 Å². The van der Waals surface area contributed by atoms with Crippen LogP contribution in [0.25, 0.3) is 5.52 Å². The Bertz CT molecular complexity index is 1550. The van der Waals surface area contributed by atoms with Gasteiger partial charge in [0.25, 0.3) is 0 Å².